The van der Waals surface area contributed by atoms with Crippen LogP contribution in [0.4, 0.5) is 0 Å². The van der Waals surface area contributed by atoms with Crippen LogP contribution in [0.5, 0.6) is 0 Å². The molecule has 3 unspecified atom stereocenters. The van der Waals surface area contributed by atoms with Gasteiger partial charge in [0.1, 0.15) is 30.6 Å². The largest absolute Gasteiger partial charge is 0.394 e. The van der Waals surface area contributed by atoms with Gasteiger partial charge in [0, 0.05) is 6.92 Å². The quantitative estimate of drug-likeness (QED) is 0.316. The third kappa shape index (κ3) is 4.20. The lowest BCUT2D eigenvalue weighted by molar-refractivity contribution is -0.270. The van der Waals surface area contributed by atoms with Gasteiger partial charge in [-0.3, -0.25) is 4.79 Å². The van der Waals surface area contributed by atoms with E-state index in [-0.39, 0.29) is 6.61 Å². The lowest BCUT2D eigenvalue weighted by Crippen LogP contribution is -2.64. The summed E-state index contributed by atoms with van der Waals surface area (Å²) in [5.74, 6) is -0.458. The molecule has 0 saturated carbocycles. The second-order valence-corrected chi connectivity index (χ2v) is 4.57. The number of aldehydes is 1. The monoisotopic (exact) mass is 292 g/mol. The number of rotatable bonds is 6. The molecule has 0 aliphatic carbocycles. The Morgan fingerprint density at radius 2 is 2.15 bits per heavy atom. The molecule has 6 atom stereocenters. The van der Waals surface area contributed by atoms with Crippen molar-refractivity contribution in [2.24, 2.45) is 5.73 Å². The van der Waals surface area contributed by atoms with E-state index in [0.29, 0.717) is 6.29 Å². The number of hydrogen-bond donors (Lipinski definition) is 5. The molecular formula is C11H20N2O7. The average molecular weight is 292 g/mol. The van der Waals surface area contributed by atoms with Gasteiger partial charge in [0.25, 0.3) is 0 Å². The van der Waals surface area contributed by atoms with Crippen LogP contribution in [0.25, 0.3) is 0 Å². The maximum Gasteiger partial charge on any atom is 0.217 e. The molecule has 0 aromatic carbocycles. The van der Waals surface area contributed by atoms with Crippen molar-refractivity contribution in [3.8, 4) is 0 Å². The third-order valence-corrected chi connectivity index (χ3v) is 2.88. The molecule has 0 aromatic heterocycles. The minimum absolute atomic E-state index is 0.189. The highest BCUT2D eigenvalue weighted by Crippen LogP contribution is 2.22. The van der Waals surface area contributed by atoms with Crippen LogP contribution in [0.3, 0.4) is 0 Å². The summed E-state index contributed by atoms with van der Waals surface area (Å²) in [6, 6.07) is -1.92. The number of nitrogens with one attached hydrogen (secondary N) is 1. The van der Waals surface area contributed by atoms with Crippen LogP contribution in [-0.4, -0.2) is 77.4 Å². The lowest BCUT2D eigenvalue weighted by atomic mass is 9.97. The zero-order valence-electron chi connectivity index (χ0n) is 11.0. The second kappa shape index (κ2) is 7.62. The highest BCUT2D eigenvalue weighted by Gasteiger charge is 2.45. The van der Waals surface area contributed by atoms with E-state index >= 15 is 0 Å². The van der Waals surface area contributed by atoms with Crippen LogP contribution in [0.2, 0.25) is 0 Å². The Morgan fingerprint density at radius 3 is 2.65 bits per heavy atom. The zero-order valence-corrected chi connectivity index (χ0v) is 11.0. The van der Waals surface area contributed by atoms with E-state index in [1.165, 1.54) is 6.92 Å². The van der Waals surface area contributed by atoms with Gasteiger partial charge in [0.05, 0.1) is 19.3 Å². The molecule has 1 amide bonds. The number of aliphatic hydroxyl groups is 3. The first-order valence-corrected chi connectivity index (χ1v) is 6.12. The smallest absolute Gasteiger partial charge is 0.217 e. The molecule has 1 fully saturated rings. The van der Waals surface area contributed by atoms with E-state index in [4.69, 9.17) is 20.3 Å². The van der Waals surface area contributed by atoms with Gasteiger partial charge in [-0.15, -0.1) is 0 Å². The predicted molar refractivity (Wildman–Crippen MR) is 65.4 cm³/mol. The van der Waals surface area contributed by atoms with Gasteiger partial charge >= 0.3 is 0 Å². The van der Waals surface area contributed by atoms with Crippen LogP contribution < -0.4 is 11.1 Å². The van der Waals surface area contributed by atoms with E-state index in [1.807, 2.05) is 0 Å². The summed E-state index contributed by atoms with van der Waals surface area (Å²) in [5.41, 5.74) is 5.37. The first-order valence-electron chi connectivity index (χ1n) is 6.12. The highest BCUT2D eigenvalue weighted by atomic mass is 16.7. The Bertz CT molecular complexity index is 341. The van der Waals surface area contributed by atoms with Gasteiger partial charge in [-0.2, -0.15) is 0 Å². The zero-order chi connectivity index (χ0) is 15.3. The molecule has 20 heavy (non-hydrogen) atoms. The molecule has 0 spiro atoms. The summed E-state index contributed by atoms with van der Waals surface area (Å²) < 4.78 is 10.5. The number of hydrogen-bond acceptors (Lipinski definition) is 8. The van der Waals surface area contributed by atoms with Gasteiger partial charge in [0.15, 0.2) is 6.29 Å². The summed E-state index contributed by atoms with van der Waals surface area (Å²) >= 11 is 0. The normalized spacial score (nSPS) is 35.4. The van der Waals surface area contributed by atoms with Crippen molar-refractivity contribution in [3.05, 3.63) is 0 Å². The van der Waals surface area contributed by atoms with Crippen molar-refractivity contribution < 1.29 is 34.4 Å². The summed E-state index contributed by atoms with van der Waals surface area (Å²) in [6.07, 6.45) is -4.49. The van der Waals surface area contributed by atoms with Crippen molar-refractivity contribution in [2.45, 2.75) is 43.6 Å². The van der Waals surface area contributed by atoms with Crippen molar-refractivity contribution in [3.63, 3.8) is 0 Å². The number of amides is 1. The number of carbonyl (C=O) groups excluding carboxylic acids is 2. The molecule has 9 heteroatoms. The van der Waals surface area contributed by atoms with Gasteiger partial charge in [-0.25, -0.2) is 0 Å². The van der Waals surface area contributed by atoms with E-state index in [2.05, 4.69) is 5.32 Å². The molecule has 1 aliphatic heterocycles. The second-order valence-electron chi connectivity index (χ2n) is 4.57. The van der Waals surface area contributed by atoms with Crippen molar-refractivity contribution in [2.75, 3.05) is 13.2 Å². The van der Waals surface area contributed by atoms with E-state index < -0.39 is 49.2 Å². The number of ether oxygens (including phenoxy) is 2. The molecule has 6 N–H and O–H groups in total. The SMILES string of the molecule is CC(=O)N[C@@H]1C(OC[C@H](N)C=O)OC(CO)[C@@H](O)C1O. The summed E-state index contributed by atoms with van der Waals surface area (Å²) in [7, 11) is 0. The van der Waals surface area contributed by atoms with Gasteiger partial charge < -0.3 is 40.6 Å². The molecule has 1 aliphatic rings. The summed E-state index contributed by atoms with van der Waals surface area (Å²) in [4.78, 5) is 21.5. The Balaban J connectivity index is 2.77. The minimum atomic E-state index is -1.39. The molecular weight excluding hydrogens is 272 g/mol. The maximum absolute atomic E-state index is 11.1. The topological polar surface area (TPSA) is 151 Å². The van der Waals surface area contributed by atoms with E-state index in [1.54, 1.807) is 0 Å². The Hall–Kier alpha value is -1.10. The van der Waals surface area contributed by atoms with Gasteiger partial charge in [-0.1, -0.05) is 0 Å². The standard InChI is InChI=1S/C11H20N2O7/c1-5(16)13-8-10(18)9(17)7(3-15)20-11(8)19-4-6(12)2-14/h2,6-11,15,17-18H,3-4,12H2,1H3,(H,13,16)/t6-,7?,8+,9-,10?,11?/m1/s1. The van der Waals surface area contributed by atoms with Gasteiger partial charge in [-0.05, 0) is 0 Å². The number of carbonyl (C=O) groups is 2. The minimum Gasteiger partial charge on any atom is -0.394 e. The van der Waals surface area contributed by atoms with Crippen LogP contribution in [0.1, 0.15) is 6.92 Å². The van der Waals surface area contributed by atoms with E-state index in [0.717, 1.165) is 0 Å². The fourth-order valence-electron chi connectivity index (χ4n) is 1.86. The first kappa shape index (κ1) is 17.0. The molecule has 9 nitrogen and oxygen atoms in total. The predicted octanol–water partition coefficient (Wildman–Crippen LogP) is -3.53. The van der Waals surface area contributed by atoms with Crippen LogP contribution in [-0.2, 0) is 19.1 Å². The van der Waals surface area contributed by atoms with Crippen molar-refractivity contribution >= 4 is 12.2 Å². The van der Waals surface area contributed by atoms with Crippen LogP contribution >= 0.6 is 0 Å². The number of aliphatic hydroxyl groups excluding tert-OH is 3. The molecule has 0 aromatic rings. The maximum atomic E-state index is 11.1. The summed E-state index contributed by atoms with van der Waals surface area (Å²) in [5, 5.41) is 31.1. The van der Waals surface area contributed by atoms with Crippen LogP contribution in [0.15, 0.2) is 0 Å². The highest BCUT2D eigenvalue weighted by molar-refractivity contribution is 5.73. The fourth-order valence-corrected chi connectivity index (χ4v) is 1.86. The molecule has 1 rings (SSSR count). The fraction of sp³-hybridized carbons (Fsp3) is 0.818. The molecule has 0 bridgehead atoms. The van der Waals surface area contributed by atoms with E-state index in [9.17, 15) is 19.8 Å². The average Bonchev–Trinajstić information content (AvgIpc) is 2.42. The molecule has 1 heterocycles. The molecule has 116 valence electrons. The summed E-state index contributed by atoms with van der Waals surface area (Å²) in [6.45, 7) is 0.501. The number of nitrogens with two attached hydrogens (primary N) is 1. The van der Waals surface area contributed by atoms with Gasteiger partial charge in [0.2, 0.25) is 5.91 Å². The van der Waals surface area contributed by atoms with Crippen molar-refractivity contribution in [1.29, 1.82) is 0 Å². The first-order chi connectivity index (χ1) is 9.40. The molecule has 1 saturated heterocycles. The Labute approximate surface area is 115 Å². The lowest BCUT2D eigenvalue weighted by Gasteiger charge is -2.42. The Morgan fingerprint density at radius 1 is 1.50 bits per heavy atom. The molecule has 0 radical (unpaired) electrons. The third-order valence-electron chi connectivity index (χ3n) is 2.88. The van der Waals surface area contributed by atoms with Crippen molar-refractivity contribution in [1.82, 2.24) is 5.32 Å². The van der Waals surface area contributed by atoms with Crippen LogP contribution in [0, 0.1) is 0 Å². The Kier molecular flexibility index (Phi) is 6.46.